The van der Waals surface area contributed by atoms with Crippen molar-refractivity contribution in [1.29, 1.82) is 0 Å². The first kappa shape index (κ1) is 11.5. The van der Waals surface area contributed by atoms with E-state index in [0.717, 1.165) is 6.42 Å². The summed E-state index contributed by atoms with van der Waals surface area (Å²) in [5.74, 6) is -0.867. The van der Waals surface area contributed by atoms with Crippen LogP contribution >= 0.6 is 0 Å². The number of carbonyl (C=O) groups is 1. The maximum atomic E-state index is 10.9. The average Bonchev–Trinajstić information content (AvgIpc) is 2.24. The predicted octanol–water partition coefficient (Wildman–Crippen LogP) is 1.97. The molecule has 3 nitrogen and oxygen atoms in total. The normalized spacial score (nSPS) is 27.9. The molecule has 0 aromatic rings. The number of hydrogen-bond donors (Lipinski definition) is 1. The quantitative estimate of drug-likeness (QED) is 0.702. The summed E-state index contributed by atoms with van der Waals surface area (Å²) in [6, 6.07) is 0. The Morgan fingerprint density at radius 1 is 1.43 bits per heavy atom. The van der Waals surface area contributed by atoms with Crippen molar-refractivity contribution in [2.45, 2.75) is 52.1 Å². The van der Waals surface area contributed by atoms with Crippen molar-refractivity contribution in [1.82, 2.24) is 4.90 Å². The van der Waals surface area contributed by atoms with Gasteiger partial charge < -0.3 is 5.11 Å². The molecule has 0 amide bonds. The Hall–Kier alpha value is -0.570. The Labute approximate surface area is 86.1 Å². The van der Waals surface area contributed by atoms with E-state index in [2.05, 4.69) is 39.5 Å². The van der Waals surface area contributed by atoms with Crippen molar-refractivity contribution in [3.63, 3.8) is 0 Å². The second-order valence-corrected chi connectivity index (χ2v) is 5.83. The van der Waals surface area contributed by atoms with Gasteiger partial charge in [0.05, 0.1) is 5.92 Å². The molecule has 0 aromatic heterocycles. The molecule has 3 heteroatoms. The Morgan fingerprint density at radius 2 is 1.93 bits per heavy atom. The van der Waals surface area contributed by atoms with E-state index in [9.17, 15) is 4.79 Å². The van der Waals surface area contributed by atoms with E-state index in [1.807, 2.05) is 0 Å². The molecule has 1 aliphatic rings. The molecule has 0 unspecified atom stereocenters. The maximum absolute atomic E-state index is 10.9. The van der Waals surface area contributed by atoms with Crippen LogP contribution in [0.5, 0.6) is 0 Å². The van der Waals surface area contributed by atoms with Crippen LogP contribution in [-0.2, 0) is 4.79 Å². The molecule has 0 radical (unpaired) electrons. The number of aliphatic carboxylic acids is 1. The third-order valence-corrected chi connectivity index (χ3v) is 3.04. The zero-order chi connectivity index (χ0) is 11.1. The number of carboxylic acid groups (broad SMARTS) is 1. The minimum Gasteiger partial charge on any atom is -0.481 e. The first-order valence-corrected chi connectivity index (χ1v) is 5.15. The molecule has 1 aliphatic heterocycles. The molecule has 82 valence electrons. The SMILES string of the molecule is CC(C)(C)N1C[C@H](C(=O)O)CC1(C)C. The monoisotopic (exact) mass is 199 g/mol. The van der Waals surface area contributed by atoms with Crippen LogP contribution in [-0.4, -0.2) is 33.6 Å². The van der Waals surface area contributed by atoms with Crippen LogP contribution < -0.4 is 0 Å². The highest BCUT2D eigenvalue weighted by Gasteiger charge is 2.45. The summed E-state index contributed by atoms with van der Waals surface area (Å²) in [5, 5.41) is 9.00. The fourth-order valence-electron chi connectivity index (χ4n) is 2.59. The molecule has 1 saturated heterocycles. The van der Waals surface area contributed by atoms with Gasteiger partial charge in [-0.1, -0.05) is 0 Å². The van der Waals surface area contributed by atoms with Crippen molar-refractivity contribution in [2.24, 2.45) is 5.92 Å². The first-order valence-electron chi connectivity index (χ1n) is 5.15. The smallest absolute Gasteiger partial charge is 0.307 e. The van der Waals surface area contributed by atoms with E-state index in [1.165, 1.54) is 0 Å². The van der Waals surface area contributed by atoms with Gasteiger partial charge in [-0.25, -0.2) is 0 Å². The van der Waals surface area contributed by atoms with Gasteiger partial charge in [0.2, 0.25) is 0 Å². The Kier molecular flexibility index (Phi) is 2.65. The molecule has 1 rings (SSSR count). The number of rotatable bonds is 1. The summed E-state index contributed by atoms with van der Waals surface area (Å²) in [5.41, 5.74) is 0.0506. The van der Waals surface area contributed by atoms with E-state index < -0.39 is 5.97 Å². The fourth-order valence-corrected chi connectivity index (χ4v) is 2.59. The molecule has 0 spiro atoms. The van der Waals surface area contributed by atoms with Gasteiger partial charge in [0.15, 0.2) is 0 Å². The van der Waals surface area contributed by atoms with Gasteiger partial charge in [0.1, 0.15) is 0 Å². The fraction of sp³-hybridized carbons (Fsp3) is 0.909. The van der Waals surface area contributed by atoms with E-state index >= 15 is 0 Å². The maximum Gasteiger partial charge on any atom is 0.307 e. The highest BCUT2D eigenvalue weighted by Crippen LogP contribution is 2.37. The number of likely N-dealkylation sites (tertiary alicyclic amines) is 1. The third-order valence-electron chi connectivity index (χ3n) is 3.04. The van der Waals surface area contributed by atoms with Crippen LogP contribution in [0, 0.1) is 5.92 Å². The summed E-state index contributed by atoms with van der Waals surface area (Å²) in [6.07, 6.45) is 0.750. The van der Waals surface area contributed by atoms with E-state index in [4.69, 9.17) is 5.11 Å². The molecule has 0 aliphatic carbocycles. The van der Waals surface area contributed by atoms with Gasteiger partial charge in [0.25, 0.3) is 0 Å². The van der Waals surface area contributed by atoms with E-state index in [0.29, 0.717) is 6.54 Å². The summed E-state index contributed by atoms with van der Waals surface area (Å²) in [7, 11) is 0. The van der Waals surface area contributed by atoms with Gasteiger partial charge in [-0.05, 0) is 41.0 Å². The summed E-state index contributed by atoms with van der Waals surface area (Å²) >= 11 is 0. The van der Waals surface area contributed by atoms with Crippen molar-refractivity contribution < 1.29 is 9.90 Å². The third kappa shape index (κ3) is 2.08. The Balaban J connectivity index is 2.85. The van der Waals surface area contributed by atoms with Crippen LogP contribution in [0.4, 0.5) is 0 Å². The second kappa shape index (κ2) is 3.23. The minimum absolute atomic E-state index is 0.00130. The van der Waals surface area contributed by atoms with Crippen LogP contribution in [0.15, 0.2) is 0 Å². The summed E-state index contributed by atoms with van der Waals surface area (Å²) < 4.78 is 0. The molecule has 1 fully saturated rings. The molecular formula is C11H21NO2. The van der Waals surface area contributed by atoms with Crippen molar-refractivity contribution >= 4 is 5.97 Å². The molecule has 1 N–H and O–H groups in total. The number of hydrogen-bond acceptors (Lipinski definition) is 2. The second-order valence-electron chi connectivity index (χ2n) is 5.83. The molecule has 0 aromatic carbocycles. The van der Waals surface area contributed by atoms with Crippen molar-refractivity contribution in [2.75, 3.05) is 6.54 Å². The van der Waals surface area contributed by atoms with E-state index in [-0.39, 0.29) is 17.0 Å². The molecule has 1 heterocycles. The Morgan fingerprint density at radius 3 is 2.14 bits per heavy atom. The molecule has 0 bridgehead atoms. The average molecular weight is 199 g/mol. The van der Waals surface area contributed by atoms with Crippen LogP contribution in [0.1, 0.15) is 41.0 Å². The molecule has 0 saturated carbocycles. The zero-order valence-corrected chi connectivity index (χ0v) is 9.79. The van der Waals surface area contributed by atoms with Gasteiger partial charge in [-0.2, -0.15) is 0 Å². The van der Waals surface area contributed by atoms with E-state index in [1.54, 1.807) is 0 Å². The lowest BCUT2D eigenvalue weighted by atomic mass is 9.94. The highest BCUT2D eigenvalue weighted by molar-refractivity contribution is 5.71. The lowest BCUT2D eigenvalue weighted by molar-refractivity contribution is -0.141. The Bertz CT molecular complexity index is 240. The topological polar surface area (TPSA) is 40.5 Å². The van der Waals surface area contributed by atoms with Crippen molar-refractivity contribution in [3.8, 4) is 0 Å². The largest absolute Gasteiger partial charge is 0.481 e. The summed E-state index contributed by atoms with van der Waals surface area (Å²) in [4.78, 5) is 13.2. The zero-order valence-electron chi connectivity index (χ0n) is 9.79. The highest BCUT2D eigenvalue weighted by atomic mass is 16.4. The molecular weight excluding hydrogens is 178 g/mol. The number of nitrogens with zero attached hydrogens (tertiary/aromatic N) is 1. The van der Waals surface area contributed by atoms with Crippen LogP contribution in [0.2, 0.25) is 0 Å². The predicted molar refractivity (Wildman–Crippen MR) is 56.3 cm³/mol. The van der Waals surface area contributed by atoms with Gasteiger partial charge in [-0.15, -0.1) is 0 Å². The molecule has 1 atom stereocenters. The van der Waals surface area contributed by atoms with Gasteiger partial charge in [-0.3, -0.25) is 9.69 Å². The minimum atomic E-state index is -0.662. The van der Waals surface area contributed by atoms with Crippen LogP contribution in [0.25, 0.3) is 0 Å². The van der Waals surface area contributed by atoms with Gasteiger partial charge >= 0.3 is 5.97 Å². The summed E-state index contributed by atoms with van der Waals surface area (Å²) in [6.45, 7) is 11.3. The lowest BCUT2D eigenvalue weighted by Crippen LogP contribution is -2.50. The van der Waals surface area contributed by atoms with Crippen LogP contribution in [0.3, 0.4) is 0 Å². The number of carboxylic acids is 1. The van der Waals surface area contributed by atoms with Gasteiger partial charge in [0, 0.05) is 17.6 Å². The standard InChI is InChI=1S/C11H21NO2/c1-10(2,3)12-7-8(9(13)14)6-11(12,4)5/h8H,6-7H2,1-5H3,(H,13,14)/t8-/m1/s1. The molecule has 14 heavy (non-hydrogen) atoms. The first-order chi connectivity index (χ1) is 6.14. The van der Waals surface area contributed by atoms with Crippen molar-refractivity contribution in [3.05, 3.63) is 0 Å². The lowest BCUT2D eigenvalue weighted by Gasteiger charge is -2.42.